The molecule has 0 heterocycles. The summed E-state index contributed by atoms with van der Waals surface area (Å²) in [4.78, 5) is 0. The van der Waals surface area contributed by atoms with Gasteiger partial charge < -0.3 is 0 Å². The molecule has 0 unspecified atom stereocenters. The predicted octanol–water partition coefficient (Wildman–Crippen LogP) is 2.51. The smallest absolute Gasteiger partial charge is 0.127 e. The highest BCUT2D eigenvalue weighted by Gasteiger charge is 2.06. The number of aryl methyl sites for hydroxylation is 1. The third-order valence-corrected chi connectivity index (χ3v) is 2.07. The van der Waals surface area contributed by atoms with Crippen LogP contribution in [0.2, 0.25) is 0 Å². The summed E-state index contributed by atoms with van der Waals surface area (Å²) in [5.41, 5.74) is 2.44. The first-order valence-corrected chi connectivity index (χ1v) is 3.78. The van der Waals surface area contributed by atoms with Gasteiger partial charge in [0.25, 0.3) is 0 Å². The van der Waals surface area contributed by atoms with Crippen LogP contribution in [0.4, 0.5) is 4.39 Å². The molecule has 0 spiro atoms. The summed E-state index contributed by atoms with van der Waals surface area (Å²) in [5.74, 6) is -0.278. The van der Waals surface area contributed by atoms with Crippen molar-refractivity contribution in [2.24, 2.45) is 0 Å². The summed E-state index contributed by atoms with van der Waals surface area (Å²) in [7, 11) is 0. The Morgan fingerprint density at radius 2 is 2.08 bits per heavy atom. The van der Waals surface area contributed by atoms with E-state index in [1.807, 2.05) is 19.9 Å². The van der Waals surface area contributed by atoms with Crippen LogP contribution in [0.15, 0.2) is 12.1 Å². The molecule has 1 aromatic rings. The van der Waals surface area contributed by atoms with Crippen LogP contribution >= 0.6 is 0 Å². The second kappa shape index (κ2) is 3.36. The van der Waals surface area contributed by atoms with Crippen LogP contribution in [0.3, 0.4) is 0 Å². The highest BCUT2D eigenvalue weighted by molar-refractivity contribution is 5.35. The summed E-state index contributed by atoms with van der Waals surface area (Å²) in [5, 5.41) is 8.44. The van der Waals surface area contributed by atoms with Crippen molar-refractivity contribution in [2.75, 3.05) is 0 Å². The molecule has 0 radical (unpaired) electrons. The number of benzene rings is 1. The van der Waals surface area contributed by atoms with Gasteiger partial charge in [0.1, 0.15) is 5.82 Å². The van der Waals surface area contributed by atoms with E-state index in [0.717, 1.165) is 11.1 Å². The molecule has 0 N–H and O–H groups in total. The topological polar surface area (TPSA) is 23.8 Å². The number of hydrogen-bond donors (Lipinski definition) is 0. The van der Waals surface area contributed by atoms with Crippen LogP contribution < -0.4 is 0 Å². The van der Waals surface area contributed by atoms with Gasteiger partial charge in [-0.05, 0) is 31.0 Å². The number of halogens is 1. The van der Waals surface area contributed by atoms with E-state index >= 15 is 0 Å². The van der Waals surface area contributed by atoms with E-state index in [0.29, 0.717) is 5.56 Å². The molecule has 62 valence electrons. The minimum absolute atomic E-state index is 0.152. The molecule has 0 aromatic heterocycles. The molecule has 0 aliphatic heterocycles. The summed E-state index contributed by atoms with van der Waals surface area (Å²) in [6.07, 6.45) is 0.152. The zero-order chi connectivity index (χ0) is 9.14. The lowest BCUT2D eigenvalue weighted by Crippen LogP contribution is -1.95. The molecule has 1 rings (SSSR count). The van der Waals surface area contributed by atoms with Crippen LogP contribution in [0.1, 0.15) is 16.7 Å². The second-order valence-corrected chi connectivity index (χ2v) is 2.80. The van der Waals surface area contributed by atoms with Gasteiger partial charge in [-0.2, -0.15) is 5.26 Å². The highest BCUT2D eigenvalue weighted by Crippen LogP contribution is 2.16. The fourth-order valence-electron chi connectivity index (χ4n) is 1.14. The maximum absolute atomic E-state index is 13.1. The van der Waals surface area contributed by atoms with Gasteiger partial charge in [-0.3, -0.25) is 0 Å². The van der Waals surface area contributed by atoms with Gasteiger partial charge in [-0.25, -0.2) is 4.39 Å². The molecular formula is C10H10FN. The van der Waals surface area contributed by atoms with Gasteiger partial charge in [0.15, 0.2) is 0 Å². The maximum atomic E-state index is 13.1. The Hall–Kier alpha value is -1.36. The van der Waals surface area contributed by atoms with Crippen molar-refractivity contribution in [1.82, 2.24) is 0 Å². The van der Waals surface area contributed by atoms with Crippen molar-refractivity contribution in [3.63, 3.8) is 0 Å². The van der Waals surface area contributed by atoms with E-state index in [1.165, 1.54) is 6.07 Å². The lowest BCUT2D eigenvalue weighted by atomic mass is 10.0. The lowest BCUT2D eigenvalue weighted by Gasteiger charge is -2.05. The van der Waals surface area contributed by atoms with Gasteiger partial charge in [-0.15, -0.1) is 0 Å². The summed E-state index contributed by atoms with van der Waals surface area (Å²) >= 11 is 0. The largest absolute Gasteiger partial charge is 0.207 e. The molecule has 0 amide bonds. The van der Waals surface area contributed by atoms with Crippen molar-refractivity contribution in [2.45, 2.75) is 20.3 Å². The number of nitrogens with zero attached hydrogens (tertiary/aromatic N) is 1. The highest BCUT2D eigenvalue weighted by atomic mass is 19.1. The zero-order valence-corrected chi connectivity index (χ0v) is 7.19. The Kier molecular flexibility index (Phi) is 2.44. The minimum Gasteiger partial charge on any atom is -0.207 e. The number of rotatable bonds is 1. The molecule has 1 nitrogen and oxygen atoms in total. The molecule has 2 heteroatoms. The number of nitriles is 1. The molecule has 0 saturated heterocycles. The molecule has 0 aliphatic carbocycles. The summed E-state index contributed by atoms with van der Waals surface area (Å²) < 4.78 is 13.1. The van der Waals surface area contributed by atoms with E-state index in [9.17, 15) is 4.39 Å². The molecule has 0 fully saturated rings. The van der Waals surface area contributed by atoms with Crippen molar-refractivity contribution in [3.8, 4) is 6.07 Å². The van der Waals surface area contributed by atoms with Crippen LogP contribution in [0, 0.1) is 31.0 Å². The Morgan fingerprint density at radius 3 is 2.67 bits per heavy atom. The van der Waals surface area contributed by atoms with Crippen LogP contribution in [0.25, 0.3) is 0 Å². The van der Waals surface area contributed by atoms with Gasteiger partial charge in [0.2, 0.25) is 0 Å². The normalized spacial score (nSPS) is 9.50. The SMILES string of the molecule is Cc1ccc(F)c(CC#N)c1C. The van der Waals surface area contributed by atoms with E-state index in [4.69, 9.17) is 5.26 Å². The van der Waals surface area contributed by atoms with Crippen LogP contribution in [-0.2, 0) is 6.42 Å². The molecule has 0 bridgehead atoms. The van der Waals surface area contributed by atoms with E-state index in [-0.39, 0.29) is 12.2 Å². The lowest BCUT2D eigenvalue weighted by molar-refractivity contribution is 0.613. The second-order valence-electron chi connectivity index (χ2n) is 2.80. The minimum atomic E-state index is -0.278. The maximum Gasteiger partial charge on any atom is 0.127 e. The molecule has 1 aromatic carbocycles. The first kappa shape index (κ1) is 8.73. The third-order valence-electron chi connectivity index (χ3n) is 2.07. The molecular weight excluding hydrogens is 153 g/mol. The van der Waals surface area contributed by atoms with Crippen molar-refractivity contribution < 1.29 is 4.39 Å². The van der Waals surface area contributed by atoms with Crippen LogP contribution in [-0.4, -0.2) is 0 Å². The average Bonchev–Trinajstić information content (AvgIpc) is 2.06. The standard InChI is InChI=1S/C10H10FN/c1-7-3-4-10(11)9(5-6-12)8(7)2/h3-4H,5H2,1-2H3. The fraction of sp³-hybridized carbons (Fsp3) is 0.300. The first-order chi connectivity index (χ1) is 5.66. The molecule has 0 atom stereocenters. The first-order valence-electron chi connectivity index (χ1n) is 3.78. The average molecular weight is 163 g/mol. The van der Waals surface area contributed by atoms with E-state index in [2.05, 4.69) is 0 Å². The third kappa shape index (κ3) is 1.45. The summed E-state index contributed by atoms with van der Waals surface area (Å²) in [6, 6.07) is 5.09. The van der Waals surface area contributed by atoms with Crippen molar-refractivity contribution in [1.29, 1.82) is 5.26 Å². The molecule has 0 saturated carbocycles. The van der Waals surface area contributed by atoms with E-state index in [1.54, 1.807) is 6.07 Å². The number of hydrogen-bond acceptors (Lipinski definition) is 1. The Balaban J connectivity index is 3.25. The van der Waals surface area contributed by atoms with Gasteiger partial charge in [0.05, 0.1) is 12.5 Å². The van der Waals surface area contributed by atoms with Gasteiger partial charge in [-0.1, -0.05) is 6.07 Å². The molecule has 12 heavy (non-hydrogen) atoms. The quantitative estimate of drug-likeness (QED) is 0.624. The fourth-order valence-corrected chi connectivity index (χ4v) is 1.14. The van der Waals surface area contributed by atoms with Gasteiger partial charge in [0, 0.05) is 5.56 Å². The summed E-state index contributed by atoms with van der Waals surface area (Å²) in [6.45, 7) is 3.75. The Bertz CT molecular complexity index is 336. The Labute approximate surface area is 71.4 Å². The van der Waals surface area contributed by atoms with E-state index < -0.39 is 0 Å². The monoisotopic (exact) mass is 163 g/mol. The molecule has 0 aliphatic rings. The van der Waals surface area contributed by atoms with Crippen molar-refractivity contribution >= 4 is 0 Å². The van der Waals surface area contributed by atoms with Crippen molar-refractivity contribution in [3.05, 3.63) is 34.6 Å². The Morgan fingerprint density at radius 1 is 1.42 bits per heavy atom. The van der Waals surface area contributed by atoms with Crippen LogP contribution in [0.5, 0.6) is 0 Å². The predicted molar refractivity (Wildman–Crippen MR) is 45.2 cm³/mol. The van der Waals surface area contributed by atoms with Gasteiger partial charge >= 0.3 is 0 Å². The zero-order valence-electron chi connectivity index (χ0n) is 7.19.